The van der Waals surface area contributed by atoms with Crippen LogP contribution in [0.3, 0.4) is 0 Å². The van der Waals surface area contributed by atoms with Crippen LogP contribution in [0.15, 0.2) is 40.1 Å². The lowest BCUT2D eigenvalue weighted by molar-refractivity contribution is 0.285. The number of sulfone groups is 1. The van der Waals surface area contributed by atoms with Crippen LogP contribution in [0.1, 0.15) is 50.5 Å². The van der Waals surface area contributed by atoms with E-state index < -0.39 is 26.9 Å². The molecule has 31 heavy (non-hydrogen) atoms. The zero-order valence-electron chi connectivity index (χ0n) is 17.7. The molecule has 0 bridgehead atoms. The molecule has 0 spiro atoms. The van der Waals surface area contributed by atoms with Gasteiger partial charge in [-0.2, -0.15) is 0 Å². The number of halogens is 1. The first-order valence-electron chi connectivity index (χ1n) is 10.7. The van der Waals surface area contributed by atoms with E-state index in [4.69, 9.17) is 4.74 Å². The lowest BCUT2D eigenvalue weighted by Gasteiger charge is -2.15. The zero-order chi connectivity index (χ0) is 22.4. The number of unbranched alkanes of at least 4 members (excludes halogenated alkanes) is 2. The second-order valence-corrected chi connectivity index (χ2v) is 10.6. The predicted octanol–water partition coefficient (Wildman–Crippen LogP) is 2.85. The lowest BCUT2D eigenvalue weighted by Crippen LogP contribution is -2.28. The highest BCUT2D eigenvalue weighted by Gasteiger charge is 2.23. The molecule has 1 aliphatic rings. The summed E-state index contributed by atoms with van der Waals surface area (Å²) in [4.78, 5) is 24.9. The number of nitrogens with one attached hydrogen (secondary N) is 1. The number of aromatic nitrogens is 2. The molecule has 1 heterocycles. The molecule has 1 saturated carbocycles. The maximum absolute atomic E-state index is 14.0. The molecule has 1 aromatic heterocycles. The van der Waals surface area contributed by atoms with Crippen molar-refractivity contribution in [3.63, 3.8) is 0 Å². The number of H-pyrrole nitrogens is 1. The summed E-state index contributed by atoms with van der Waals surface area (Å²) in [6.45, 7) is 2.74. The van der Waals surface area contributed by atoms with Crippen molar-refractivity contribution in [1.82, 2.24) is 9.55 Å². The Morgan fingerprint density at radius 3 is 2.68 bits per heavy atom. The normalized spacial score (nSPS) is 15.0. The third kappa shape index (κ3) is 7.34. The van der Waals surface area contributed by atoms with Gasteiger partial charge in [0.15, 0.2) is 21.4 Å². The molecule has 2 aromatic rings. The number of nitrogens with zero attached hydrogens (tertiary/aromatic N) is 1. The molecule has 1 aromatic carbocycles. The number of aromatic amines is 1. The van der Waals surface area contributed by atoms with Crippen LogP contribution in [0.5, 0.6) is 5.75 Å². The van der Waals surface area contributed by atoms with E-state index in [9.17, 15) is 22.4 Å². The second kappa shape index (κ2) is 10.3. The summed E-state index contributed by atoms with van der Waals surface area (Å²) in [6, 6.07) is 5.84. The maximum atomic E-state index is 14.0. The molecule has 1 aliphatic carbocycles. The fourth-order valence-corrected chi connectivity index (χ4v) is 5.16. The molecule has 1 N–H and O–H groups in total. The van der Waals surface area contributed by atoms with Crippen molar-refractivity contribution in [3.8, 4) is 5.75 Å². The highest BCUT2D eigenvalue weighted by molar-refractivity contribution is 7.91. The molecule has 170 valence electrons. The topological polar surface area (TPSA) is 98.2 Å². The number of hydrogen-bond acceptors (Lipinski definition) is 5. The summed E-state index contributed by atoms with van der Waals surface area (Å²) >= 11 is 0. The summed E-state index contributed by atoms with van der Waals surface area (Å²) < 4.78 is 45.9. The number of benzene rings is 1. The number of ether oxygens (including phenoxy) is 1. The first-order valence-corrected chi connectivity index (χ1v) is 12.5. The van der Waals surface area contributed by atoms with Gasteiger partial charge in [0.05, 0.1) is 18.1 Å². The van der Waals surface area contributed by atoms with Gasteiger partial charge in [0.25, 0.3) is 5.56 Å². The van der Waals surface area contributed by atoms with Gasteiger partial charge < -0.3 is 9.30 Å². The molecule has 0 aliphatic heterocycles. The minimum absolute atomic E-state index is 0.0138. The third-order valence-corrected chi connectivity index (χ3v) is 7.37. The highest BCUT2D eigenvalue weighted by atomic mass is 32.2. The van der Waals surface area contributed by atoms with Crippen molar-refractivity contribution >= 4 is 9.84 Å². The Morgan fingerprint density at radius 1 is 1.19 bits per heavy atom. The lowest BCUT2D eigenvalue weighted by atomic mass is 10.0. The van der Waals surface area contributed by atoms with Crippen LogP contribution >= 0.6 is 0 Å². The first kappa shape index (κ1) is 23.2. The second-order valence-electron chi connectivity index (χ2n) is 8.32. The SMILES string of the molecule is CC(CS(=O)(=O)CCCCCn1ccc(=O)[nH]c1=O)c1ccc(F)c(OCC2CC2)c1. The Morgan fingerprint density at radius 2 is 1.97 bits per heavy atom. The van der Waals surface area contributed by atoms with E-state index in [1.165, 1.54) is 22.9 Å². The number of rotatable bonds is 12. The smallest absolute Gasteiger partial charge is 0.328 e. The summed E-state index contributed by atoms with van der Waals surface area (Å²) in [5, 5.41) is 0. The number of aryl methyl sites for hydroxylation is 1. The minimum atomic E-state index is -3.28. The summed E-state index contributed by atoms with van der Waals surface area (Å²) in [5.74, 6) is 0.0361. The minimum Gasteiger partial charge on any atom is -0.490 e. The Bertz CT molecular complexity index is 1110. The molecule has 1 atom stereocenters. The number of hydrogen-bond donors (Lipinski definition) is 1. The van der Waals surface area contributed by atoms with E-state index in [1.807, 2.05) is 6.92 Å². The van der Waals surface area contributed by atoms with Crippen molar-refractivity contribution < 1.29 is 17.5 Å². The van der Waals surface area contributed by atoms with Crippen LogP contribution in [-0.2, 0) is 16.4 Å². The van der Waals surface area contributed by atoms with Gasteiger partial charge in [-0.25, -0.2) is 17.6 Å². The van der Waals surface area contributed by atoms with E-state index in [0.717, 1.165) is 18.4 Å². The van der Waals surface area contributed by atoms with Gasteiger partial charge in [-0.05, 0) is 55.2 Å². The predicted molar refractivity (Wildman–Crippen MR) is 117 cm³/mol. The fraction of sp³-hybridized carbons (Fsp3) is 0.545. The standard InChI is InChI=1S/C22H29FN2O5S/c1-16(18-7-8-19(23)20(13-18)30-14-17-5-6-17)15-31(28,29)12-4-2-3-10-25-11-9-21(26)24-22(25)27/h7-9,11,13,16-17H,2-6,10,12,14-15H2,1H3,(H,24,26,27). The zero-order valence-corrected chi connectivity index (χ0v) is 18.5. The van der Waals surface area contributed by atoms with Crippen molar-refractivity contribution in [3.05, 3.63) is 62.7 Å². The van der Waals surface area contributed by atoms with Gasteiger partial charge >= 0.3 is 5.69 Å². The largest absolute Gasteiger partial charge is 0.490 e. The van der Waals surface area contributed by atoms with Crippen molar-refractivity contribution in [2.24, 2.45) is 5.92 Å². The van der Waals surface area contributed by atoms with Crippen LogP contribution < -0.4 is 16.0 Å². The van der Waals surface area contributed by atoms with E-state index in [0.29, 0.717) is 38.3 Å². The molecule has 0 amide bonds. The summed E-state index contributed by atoms with van der Waals surface area (Å²) in [7, 11) is -3.28. The van der Waals surface area contributed by atoms with E-state index in [2.05, 4.69) is 4.98 Å². The van der Waals surface area contributed by atoms with Gasteiger partial charge in [-0.3, -0.25) is 9.78 Å². The van der Waals surface area contributed by atoms with Gasteiger partial charge in [-0.1, -0.05) is 19.4 Å². The molecule has 9 heteroatoms. The molecular weight excluding hydrogens is 423 g/mol. The average molecular weight is 453 g/mol. The molecule has 0 saturated heterocycles. The maximum Gasteiger partial charge on any atom is 0.328 e. The first-order chi connectivity index (χ1) is 14.7. The van der Waals surface area contributed by atoms with Crippen molar-refractivity contribution in [2.45, 2.75) is 51.5 Å². The van der Waals surface area contributed by atoms with Gasteiger partial charge in [0.1, 0.15) is 0 Å². The van der Waals surface area contributed by atoms with Crippen LogP contribution in [0.25, 0.3) is 0 Å². The highest BCUT2D eigenvalue weighted by Crippen LogP contribution is 2.31. The molecule has 1 unspecified atom stereocenters. The Hall–Kier alpha value is -2.42. The average Bonchev–Trinajstić information content (AvgIpc) is 3.52. The molecule has 3 rings (SSSR count). The molecular formula is C22H29FN2O5S. The van der Waals surface area contributed by atoms with Gasteiger partial charge in [0, 0.05) is 18.8 Å². The van der Waals surface area contributed by atoms with Gasteiger partial charge in [-0.15, -0.1) is 0 Å². The monoisotopic (exact) mass is 452 g/mol. The molecule has 1 fully saturated rings. The quantitative estimate of drug-likeness (QED) is 0.500. The van der Waals surface area contributed by atoms with Crippen LogP contribution in [-0.4, -0.2) is 36.1 Å². The third-order valence-electron chi connectivity index (χ3n) is 5.45. The van der Waals surface area contributed by atoms with E-state index in [-0.39, 0.29) is 23.2 Å². The van der Waals surface area contributed by atoms with Crippen molar-refractivity contribution in [2.75, 3.05) is 18.1 Å². The Kier molecular flexibility index (Phi) is 7.69. The molecule has 0 radical (unpaired) electrons. The Balaban J connectivity index is 1.45. The van der Waals surface area contributed by atoms with E-state index >= 15 is 0 Å². The fourth-order valence-electron chi connectivity index (χ4n) is 3.39. The van der Waals surface area contributed by atoms with Crippen LogP contribution in [0.4, 0.5) is 4.39 Å². The summed E-state index contributed by atoms with van der Waals surface area (Å²) in [5.41, 5.74) is -0.161. The molecule has 7 nitrogen and oxygen atoms in total. The van der Waals surface area contributed by atoms with Gasteiger partial charge in [0.2, 0.25) is 0 Å². The van der Waals surface area contributed by atoms with Crippen molar-refractivity contribution in [1.29, 1.82) is 0 Å². The summed E-state index contributed by atoms with van der Waals surface area (Å²) in [6.07, 6.45) is 5.43. The Labute approximate surface area is 181 Å². The van der Waals surface area contributed by atoms with Crippen LogP contribution in [0.2, 0.25) is 0 Å². The van der Waals surface area contributed by atoms with Crippen LogP contribution in [0, 0.1) is 11.7 Å². The van der Waals surface area contributed by atoms with E-state index in [1.54, 1.807) is 12.1 Å².